The van der Waals surface area contributed by atoms with Crippen LogP contribution in [0.15, 0.2) is 48.0 Å². The molecule has 29 heavy (non-hydrogen) atoms. The van der Waals surface area contributed by atoms with Crippen LogP contribution in [0.4, 0.5) is 16.3 Å². The topological polar surface area (TPSA) is 131 Å². The van der Waals surface area contributed by atoms with Crippen molar-refractivity contribution in [1.82, 2.24) is 19.6 Å². The fourth-order valence-corrected chi connectivity index (χ4v) is 3.66. The Balaban J connectivity index is 1.62. The molecule has 4 aromatic rings. The van der Waals surface area contributed by atoms with Crippen molar-refractivity contribution in [3.05, 3.63) is 59.2 Å². The van der Waals surface area contributed by atoms with E-state index >= 15 is 0 Å². The Hall–Kier alpha value is -3.99. The maximum absolute atomic E-state index is 12.8. The second-order valence-electron chi connectivity index (χ2n) is 5.98. The third-order valence-electron chi connectivity index (χ3n) is 4.18. The van der Waals surface area contributed by atoms with Crippen molar-refractivity contribution in [3.63, 3.8) is 0 Å². The lowest BCUT2D eigenvalue weighted by molar-refractivity contribution is 0.101. The van der Waals surface area contributed by atoms with E-state index in [1.54, 1.807) is 48.8 Å². The van der Waals surface area contributed by atoms with Crippen LogP contribution in [0, 0.1) is 0 Å². The number of aromatic nitrogens is 4. The summed E-state index contributed by atoms with van der Waals surface area (Å²) in [6, 6.07) is 9.73. The Bertz CT molecular complexity index is 1250. The SMILES string of the molecule is Cn1nccc1C(=O)Nc1ccccc1C(=O)Nc1nn(C(=O)O)c2sccc12. The van der Waals surface area contributed by atoms with Gasteiger partial charge in [0.05, 0.1) is 16.6 Å². The van der Waals surface area contributed by atoms with Gasteiger partial charge in [0, 0.05) is 13.2 Å². The number of thiophene rings is 1. The monoisotopic (exact) mass is 410 g/mol. The van der Waals surface area contributed by atoms with Crippen molar-refractivity contribution in [3.8, 4) is 0 Å². The third-order valence-corrected chi connectivity index (χ3v) is 5.07. The zero-order chi connectivity index (χ0) is 20.5. The van der Waals surface area contributed by atoms with Gasteiger partial charge in [0.25, 0.3) is 11.8 Å². The van der Waals surface area contributed by atoms with Crippen molar-refractivity contribution in [1.29, 1.82) is 0 Å². The number of carbonyl (C=O) groups is 3. The first-order valence-electron chi connectivity index (χ1n) is 8.35. The van der Waals surface area contributed by atoms with Gasteiger partial charge >= 0.3 is 6.09 Å². The van der Waals surface area contributed by atoms with Crippen molar-refractivity contribution >= 4 is 51.0 Å². The molecule has 146 valence electrons. The van der Waals surface area contributed by atoms with E-state index in [1.807, 2.05) is 0 Å². The van der Waals surface area contributed by atoms with Crippen molar-refractivity contribution in [2.24, 2.45) is 7.05 Å². The highest BCUT2D eigenvalue weighted by Gasteiger charge is 2.20. The second-order valence-corrected chi connectivity index (χ2v) is 6.87. The summed E-state index contributed by atoms with van der Waals surface area (Å²) in [5, 5.41) is 24.7. The van der Waals surface area contributed by atoms with E-state index in [0.29, 0.717) is 21.6 Å². The Labute approximate surface area is 167 Å². The summed E-state index contributed by atoms with van der Waals surface area (Å²) in [7, 11) is 1.64. The molecule has 0 saturated carbocycles. The van der Waals surface area contributed by atoms with E-state index in [-0.39, 0.29) is 11.4 Å². The number of anilines is 2. The summed E-state index contributed by atoms with van der Waals surface area (Å²) in [5.74, 6) is -0.823. The number of aryl methyl sites for hydroxylation is 1. The van der Waals surface area contributed by atoms with Gasteiger partial charge in [-0.25, -0.2) is 4.79 Å². The Morgan fingerprint density at radius 2 is 1.86 bits per heavy atom. The molecule has 3 heterocycles. The van der Waals surface area contributed by atoms with Gasteiger partial charge in [-0.3, -0.25) is 14.3 Å². The van der Waals surface area contributed by atoms with Crippen LogP contribution in [0.5, 0.6) is 0 Å². The predicted octanol–water partition coefficient (Wildman–Crippen LogP) is 2.86. The fourth-order valence-electron chi connectivity index (χ4n) is 2.81. The average molecular weight is 410 g/mol. The molecule has 0 spiro atoms. The van der Waals surface area contributed by atoms with Crippen molar-refractivity contribution in [2.75, 3.05) is 10.6 Å². The minimum atomic E-state index is -1.25. The Morgan fingerprint density at radius 3 is 2.59 bits per heavy atom. The molecule has 4 rings (SSSR count). The lowest BCUT2D eigenvalue weighted by atomic mass is 10.1. The molecule has 0 aliphatic rings. The first kappa shape index (κ1) is 18.4. The predicted molar refractivity (Wildman–Crippen MR) is 107 cm³/mol. The first-order chi connectivity index (χ1) is 14.0. The largest absolute Gasteiger partial charge is 0.463 e. The van der Waals surface area contributed by atoms with Gasteiger partial charge in [0.1, 0.15) is 10.5 Å². The van der Waals surface area contributed by atoms with Crippen LogP contribution in [0.3, 0.4) is 0 Å². The van der Waals surface area contributed by atoms with Gasteiger partial charge in [-0.1, -0.05) is 12.1 Å². The molecule has 0 aliphatic carbocycles. The number of nitrogens with zero attached hydrogens (tertiary/aromatic N) is 4. The van der Waals surface area contributed by atoms with Gasteiger partial charge in [-0.05, 0) is 29.6 Å². The molecule has 0 aliphatic heterocycles. The molecule has 1 aromatic carbocycles. The zero-order valence-corrected chi connectivity index (χ0v) is 15.8. The van der Waals surface area contributed by atoms with E-state index in [4.69, 9.17) is 0 Å². The van der Waals surface area contributed by atoms with Crippen LogP contribution in [-0.4, -0.2) is 42.6 Å². The number of nitrogens with one attached hydrogen (secondary N) is 2. The number of hydrogen-bond acceptors (Lipinski definition) is 6. The Kier molecular flexibility index (Phi) is 4.56. The molecule has 0 bridgehead atoms. The summed E-state index contributed by atoms with van der Waals surface area (Å²) in [6.45, 7) is 0. The van der Waals surface area contributed by atoms with E-state index in [9.17, 15) is 19.5 Å². The maximum atomic E-state index is 12.8. The lowest BCUT2D eigenvalue weighted by Crippen LogP contribution is -2.20. The minimum Gasteiger partial charge on any atom is -0.463 e. The molecule has 10 nitrogen and oxygen atoms in total. The smallest absolute Gasteiger partial charge is 0.433 e. The normalized spacial score (nSPS) is 10.8. The molecule has 0 radical (unpaired) electrons. The molecular formula is C18H14N6O4S. The van der Waals surface area contributed by atoms with Crippen LogP contribution >= 0.6 is 11.3 Å². The highest BCUT2D eigenvalue weighted by atomic mass is 32.1. The quantitative estimate of drug-likeness (QED) is 0.474. The highest BCUT2D eigenvalue weighted by Crippen LogP contribution is 2.28. The molecule has 0 atom stereocenters. The number of carboxylic acid groups (broad SMARTS) is 1. The van der Waals surface area contributed by atoms with Gasteiger partial charge in [0.15, 0.2) is 5.82 Å². The lowest BCUT2D eigenvalue weighted by Gasteiger charge is -2.11. The first-order valence-corrected chi connectivity index (χ1v) is 9.23. The van der Waals surface area contributed by atoms with Crippen LogP contribution in [0.1, 0.15) is 20.8 Å². The molecule has 0 saturated heterocycles. The number of rotatable bonds is 4. The van der Waals surface area contributed by atoms with Crippen LogP contribution in [0.25, 0.3) is 10.2 Å². The molecular weight excluding hydrogens is 396 g/mol. The summed E-state index contributed by atoms with van der Waals surface area (Å²) >= 11 is 1.20. The van der Waals surface area contributed by atoms with Crippen molar-refractivity contribution in [2.45, 2.75) is 0 Å². The van der Waals surface area contributed by atoms with Crippen LogP contribution in [-0.2, 0) is 7.05 Å². The zero-order valence-electron chi connectivity index (χ0n) is 15.0. The molecule has 3 N–H and O–H groups in total. The highest BCUT2D eigenvalue weighted by molar-refractivity contribution is 7.17. The van der Waals surface area contributed by atoms with E-state index in [1.165, 1.54) is 22.2 Å². The number of amides is 2. The third kappa shape index (κ3) is 3.34. The van der Waals surface area contributed by atoms with Gasteiger partial charge in [-0.15, -0.1) is 16.4 Å². The van der Waals surface area contributed by atoms with E-state index < -0.39 is 17.9 Å². The number of hydrogen-bond donors (Lipinski definition) is 3. The minimum absolute atomic E-state index is 0.126. The molecule has 2 amide bonds. The molecule has 0 unspecified atom stereocenters. The van der Waals surface area contributed by atoms with E-state index in [0.717, 1.165) is 4.68 Å². The summed E-state index contributed by atoms with van der Waals surface area (Å²) in [4.78, 5) is 37.1. The number of para-hydroxylation sites is 1. The van der Waals surface area contributed by atoms with Gasteiger partial charge in [-0.2, -0.15) is 9.78 Å². The Morgan fingerprint density at radius 1 is 1.07 bits per heavy atom. The van der Waals surface area contributed by atoms with Crippen molar-refractivity contribution < 1.29 is 19.5 Å². The van der Waals surface area contributed by atoms with Crippen LogP contribution < -0.4 is 10.6 Å². The standard InChI is InChI=1S/C18H14N6O4S/c1-23-13(6-8-19-23)16(26)20-12-5-3-2-4-10(12)15(25)21-14-11-7-9-29-17(11)24(22-14)18(27)28/h2-9H,1H3,(H,20,26)(H,27,28)(H,21,22,25). The molecule has 0 fully saturated rings. The number of fused-ring (bicyclic) bond motifs is 1. The van der Waals surface area contributed by atoms with Gasteiger partial charge < -0.3 is 15.7 Å². The van der Waals surface area contributed by atoms with Crippen LogP contribution in [0.2, 0.25) is 0 Å². The van der Waals surface area contributed by atoms with E-state index in [2.05, 4.69) is 20.8 Å². The molecule has 11 heteroatoms. The molecule has 3 aromatic heterocycles. The van der Waals surface area contributed by atoms with Gasteiger partial charge in [0.2, 0.25) is 0 Å². The number of benzene rings is 1. The summed E-state index contributed by atoms with van der Waals surface area (Å²) in [5.41, 5.74) is 0.840. The number of carbonyl (C=O) groups excluding carboxylic acids is 2. The summed E-state index contributed by atoms with van der Waals surface area (Å²) in [6.07, 6.45) is 0.250. The second kappa shape index (κ2) is 7.20. The summed E-state index contributed by atoms with van der Waals surface area (Å²) < 4.78 is 2.23. The average Bonchev–Trinajstić information content (AvgIpc) is 3.39. The maximum Gasteiger partial charge on any atom is 0.433 e. The fraction of sp³-hybridized carbons (Fsp3) is 0.0556.